The highest BCUT2D eigenvalue weighted by Gasteiger charge is 2.29. The van der Waals surface area contributed by atoms with E-state index in [1.54, 1.807) is 4.90 Å². The number of amides is 2. The van der Waals surface area contributed by atoms with E-state index in [-0.39, 0.29) is 17.7 Å². The topological polar surface area (TPSA) is 49.4 Å². The van der Waals surface area contributed by atoms with Gasteiger partial charge < -0.3 is 10.2 Å². The first-order chi connectivity index (χ1) is 13.7. The summed E-state index contributed by atoms with van der Waals surface area (Å²) < 4.78 is 0. The summed E-state index contributed by atoms with van der Waals surface area (Å²) >= 11 is 0. The molecule has 2 amide bonds. The van der Waals surface area contributed by atoms with Gasteiger partial charge in [-0.05, 0) is 35.2 Å². The molecule has 1 fully saturated rings. The van der Waals surface area contributed by atoms with Crippen molar-refractivity contribution < 1.29 is 9.59 Å². The highest BCUT2D eigenvalue weighted by atomic mass is 16.2. The predicted molar refractivity (Wildman–Crippen MR) is 111 cm³/mol. The first kappa shape index (κ1) is 18.2. The average Bonchev–Trinajstić information content (AvgIpc) is 2.77. The Balaban J connectivity index is 1.40. The van der Waals surface area contributed by atoms with Crippen molar-refractivity contribution in [3.05, 3.63) is 83.9 Å². The summed E-state index contributed by atoms with van der Waals surface area (Å²) in [6, 6.07) is 23.7. The van der Waals surface area contributed by atoms with Gasteiger partial charge in [0.25, 0.3) is 0 Å². The van der Waals surface area contributed by atoms with E-state index in [2.05, 4.69) is 5.32 Å². The van der Waals surface area contributed by atoms with E-state index < -0.39 is 0 Å². The van der Waals surface area contributed by atoms with Crippen LogP contribution in [0.1, 0.15) is 28.8 Å². The van der Waals surface area contributed by atoms with Crippen LogP contribution >= 0.6 is 0 Å². The molecule has 1 unspecified atom stereocenters. The second kappa shape index (κ2) is 8.26. The molecule has 142 valence electrons. The Kier molecular flexibility index (Phi) is 5.38. The van der Waals surface area contributed by atoms with Gasteiger partial charge in [-0.2, -0.15) is 0 Å². The Morgan fingerprint density at radius 2 is 1.68 bits per heavy atom. The van der Waals surface area contributed by atoms with Crippen LogP contribution in [0.25, 0.3) is 10.8 Å². The van der Waals surface area contributed by atoms with Crippen molar-refractivity contribution in [2.75, 3.05) is 13.1 Å². The number of piperidine rings is 1. The molecule has 4 nitrogen and oxygen atoms in total. The molecule has 1 heterocycles. The van der Waals surface area contributed by atoms with E-state index >= 15 is 0 Å². The van der Waals surface area contributed by atoms with Crippen LogP contribution in [-0.4, -0.2) is 29.8 Å². The van der Waals surface area contributed by atoms with Crippen molar-refractivity contribution in [2.24, 2.45) is 5.92 Å². The monoisotopic (exact) mass is 372 g/mol. The molecule has 4 heteroatoms. The molecule has 28 heavy (non-hydrogen) atoms. The van der Waals surface area contributed by atoms with Crippen molar-refractivity contribution in [2.45, 2.75) is 19.4 Å². The quantitative estimate of drug-likeness (QED) is 0.678. The molecule has 1 atom stereocenters. The number of likely N-dealkylation sites (tertiary alicyclic amines) is 1. The fourth-order valence-electron chi connectivity index (χ4n) is 3.84. The second-order valence-electron chi connectivity index (χ2n) is 7.36. The van der Waals surface area contributed by atoms with Crippen molar-refractivity contribution in [3.8, 4) is 0 Å². The number of nitrogens with one attached hydrogen (secondary N) is 1. The molecule has 0 aliphatic carbocycles. The third-order valence-corrected chi connectivity index (χ3v) is 5.40. The molecule has 1 N–H and O–H groups in total. The van der Waals surface area contributed by atoms with Crippen molar-refractivity contribution >= 4 is 22.6 Å². The molecule has 3 aromatic rings. The molecule has 0 saturated carbocycles. The number of fused-ring (bicyclic) bond motifs is 1. The van der Waals surface area contributed by atoms with Crippen molar-refractivity contribution in [1.29, 1.82) is 0 Å². The Bertz CT molecular complexity index is 984. The number of hydrogen-bond acceptors (Lipinski definition) is 2. The number of Topliss-reactive ketones (excluding diaryl/α,β-unsaturated/α-hetero) is 1. The van der Waals surface area contributed by atoms with Crippen LogP contribution in [0.2, 0.25) is 0 Å². The van der Waals surface area contributed by atoms with Crippen LogP contribution in [0.3, 0.4) is 0 Å². The number of urea groups is 1. The third-order valence-electron chi connectivity index (χ3n) is 5.40. The molecule has 0 radical (unpaired) electrons. The smallest absolute Gasteiger partial charge is 0.317 e. The maximum Gasteiger partial charge on any atom is 0.317 e. The first-order valence-corrected chi connectivity index (χ1v) is 9.80. The summed E-state index contributed by atoms with van der Waals surface area (Å²) in [5, 5.41) is 5.17. The zero-order chi connectivity index (χ0) is 19.3. The lowest BCUT2D eigenvalue weighted by Crippen LogP contribution is -2.46. The van der Waals surface area contributed by atoms with Crippen LogP contribution < -0.4 is 5.32 Å². The number of nitrogens with zero attached hydrogens (tertiary/aromatic N) is 1. The van der Waals surface area contributed by atoms with Crippen LogP contribution in [0, 0.1) is 5.92 Å². The molecular weight excluding hydrogens is 348 g/mol. The molecule has 1 aliphatic rings. The van der Waals surface area contributed by atoms with Gasteiger partial charge in [0, 0.05) is 31.1 Å². The van der Waals surface area contributed by atoms with Gasteiger partial charge in [0.2, 0.25) is 0 Å². The van der Waals surface area contributed by atoms with Crippen LogP contribution in [-0.2, 0) is 6.54 Å². The van der Waals surface area contributed by atoms with E-state index in [1.165, 1.54) is 0 Å². The van der Waals surface area contributed by atoms with Gasteiger partial charge in [0.1, 0.15) is 0 Å². The van der Waals surface area contributed by atoms with E-state index in [0.717, 1.165) is 34.7 Å². The van der Waals surface area contributed by atoms with Gasteiger partial charge in [-0.25, -0.2) is 4.79 Å². The fraction of sp³-hybridized carbons (Fsp3) is 0.250. The molecule has 0 bridgehead atoms. The first-order valence-electron chi connectivity index (χ1n) is 9.80. The lowest BCUT2D eigenvalue weighted by atomic mass is 9.89. The third kappa shape index (κ3) is 4.06. The molecule has 4 rings (SSSR count). The molecular formula is C24H24N2O2. The molecule has 3 aromatic carbocycles. The SMILES string of the molecule is O=C(c1ccc2ccccc2c1)C1CCCN(C(=O)NCc2ccccc2)C1. The highest BCUT2D eigenvalue weighted by molar-refractivity contribution is 6.01. The number of ketones is 1. The fourth-order valence-corrected chi connectivity index (χ4v) is 3.84. The zero-order valence-electron chi connectivity index (χ0n) is 15.8. The van der Waals surface area contributed by atoms with Crippen LogP contribution in [0.4, 0.5) is 4.79 Å². The van der Waals surface area contributed by atoms with E-state index in [0.29, 0.717) is 19.6 Å². The normalized spacial score (nSPS) is 16.7. The standard InChI is InChI=1S/C24H24N2O2/c27-23(21-13-12-19-9-4-5-10-20(19)15-21)22-11-6-14-26(17-22)24(28)25-16-18-7-2-1-3-8-18/h1-5,7-10,12-13,15,22H,6,11,14,16-17H2,(H,25,28). The minimum atomic E-state index is -0.141. The summed E-state index contributed by atoms with van der Waals surface area (Å²) in [7, 11) is 0. The van der Waals surface area contributed by atoms with E-state index in [1.807, 2.05) is 72.8 Å². The Labute approximate surface area is 165 Å². The molecule has 1 saturated heterocycles. The summed E-state index contributed by atoms with van der Waals surface area (Å²) in [4.78, 5) is 27.4. The molecule has 0 spiro atoms. The van der Waals surface area contributed by atoms with Crippen molar-refractivity contribution in [3.63, 3.8) is 0 Å². The lowest BCUT2D eigenvalue weighted by molar-refractivity contribution is 0.0845. The van der Waals surface area contributed by atoms with Crippen molar-refractivity contribution in [1.82, 2.24) is 10.2 Å². The Morgan fingerprint density at radius 3 is 2.50 bits per heavy atom. The summed E-state index contributed by atoms with van der Waals surface area (Å²) in [6.45, 7) is 1.67. The predicted octanol–water partition coefficient (Wildman–Crippen LogP) is 4.64. The van der Waals surface area contributed by atoms with Crippen LogP contribution in [0.15, 0.2) is 72.8 Å². The zero-order valence-corrected chi connectivity index (χ0v) is 15.8. The second-order valence-corrected chi connectivity index (χ2v) is 7.36. The van der Waals surface area contributed by atoms with Gasteiger partial charge in [-0.15, -0.1) is 0 Å². The van der Waals surface area contributed by atoms with Gasteiger partial charge in [-0.3, -0.25) is 4.79 Å². The van der Waals surface area contributed by atoms with Crippen LogP contribution in [0.5, 0.6) is 0 Å². The summed E-state index contributed by atoms with van der Waals surface area (Å²) in [5.41, 5.74) is 1.80. The lowest BCUT2D eigenvalue weighted by Gasteiger charge is -2.32. The largest absolute Gasteiger partial charge is 0.334 e. The van der Waals surface area contributed by atoms with Gasteiger partial charge >= 0.3 is 6.03 Å². The molecule has 1 aliphatic heterocycles. The number of benzene rings is 3. The number of rotatable bonds is 4. The minimum absolute atomic E-state index is 0.0973. The maximum absolute atomic E-state index is 13.0. The maximum atomic E-state index is 13.0. The minimum Gasteiger partial charge on any atom is -0.334 e. The van der Waals surface area contributed by atoms with Gasteiger partial charge in [0.15, 0.2) is 5.78 Å². The van der Waals surface area contributed by atoms with E-state index in [9.17, 15) is 9.59 Å². The Hall–Kier alpha value is -3.14. The summed E-state index contributed by atoms with van der Waals surface area (Å²) in [5.74, 6) is -0.0105. The number of carbonyl (C=O) groups excluding carboxylic acids is 2. The number of carbonyl (C=O) groups is 2. The highest BCUT2D eigenvalue weighted by Crippen LogP contribution is 2.23. The summed E-state index contributed by atoms with van der Waals surface area (Å²) in [6.07, 6.45) is 1.68. The molecule has 0 aromatic heterocycles. The van der Waals surface area contributed by atoms with Gasteiger partial charge in [-0.1, -0.05) is 66.7 Å². The average molecular weight is 372 g/mol. The number of hydrogen-bond donors (Lipinski definition) is 1. The Morgan fingerprint density at radius 1 is 0.929 bits per heavy atom. The van der Waals surface area contributed by atoms with E-state index in [4.69, 9.17) is 0 Å². The van der Waals surface area contributed by atoms with Gasteiger partial charge in [0.05, 0.1) is 0 Å².